The Morgan fingerprint density at radius 2 is 1.91 bits per heavy atom. The standard InChI is InChI=1S/C26H38O6/c1-24-9-6-18(27)14-17(24)4-5-19-20-7-10-26(11-8-22(28)32-26)25(20,2)15-21(23(19)24)31-16-30-13-12-29-3/h14,19-21,23H,4-13,15-16H2,1-3H3/t19?,20?,21-,23?,24+,25+,26-/m1/s1. The summed E-state index contributed by atoms with van der Waals surface area (Å²) < 4.78 is 23.4. The molecule has 5 rings (SSSR count). The van der Waals surface area contributed by atoms with Crippen LogP contribution in [0.3, 0.4) is 0 Å². The lowest BCUT2D eigenvalue weighted by Gasteiger charge is -2.61. The summed E-state index contributed by atoms with van der Waals surface area (Å²) in [6.07, 6.45) is 9.95. The second-order valence-electron chi connectivity index (χ2n) is 11.2. The molecule has 0 aromatic rings. The van der Waals surface area contributed by atoms with E-state index < -0.39 is 0 Å². The molecule has 0 N–H and O–H groups in total. The zero-order valence-electron chi connectivity index (χ0n) is 19.8. The minimum Gasteiger partial charge on any atom is -0.458 e. The van der Waals surface area contributed by atoms with Crippen molar-refractivity contribution in [3.8, 4) is 0 Å². The van der Waals surface area contributed by atoms with Crippen LogP contribution >= 0.6 is 0 Å². The Morgan fingerprint density at radius 3 is 2.66 bits per heavy atom. The molecule has 4 fully saturated rings. The van der Waals surface area contributed by atoms with Gasteiger partial charge in [0.15, 0.2) is 5.78 Å². The molecule has 1 heterocycles. The Bertz CT molecular complexity index is 806. The van der Waals surface area contributed by atoms with Crippen molar-refractivity contribution in [3.05, 3.63) is 11.6 Å². The lowest BCUT2D eigenvalue weighted by atomic mass is 9.45. The molecule has 1 saturated heterocycles. The molecule has 0 bridgehead atoms. The first-order chi connectivity index (χ1) is 15.3. The number of ketones is 1. The van der Waals surface area contributed by atoms with Crippen molar-refractivity contribution >= 4 is 11.8 Å². The molecule has 0 radical (unpaired) electrons. The summed E-state index contributed by atoms with van der Waals surface area (Å²) in [5, 5.41) is 0. The van der Waals surface area contributed by atoms with Crippen LogP contribution in [-0.2, 0) is 28.5 Å². The van der Waals surface area contributed by atoms with E-state index >= 15 is 0 Å². The number of hydrogen-bond acceptors (Lipinski definition) is 6. The van der Waals surface area contributed by atoms with Crippen molar-refractivity contribution in [2.24, 2.45) is 28.6 Å². The molecule has 1 aliphatic heterocycles. The summed E-state index contributed by atoms with van der Waals surface area (Å²) in [7, 11) is 1.67. The maximum absolute atomic E-state index is 12.2. The zero-order valence-corrected chi connectivity index (χ0v) is 19.8. The van der Waals surface area contributed by atoms with Crippen LogP contribution in [0.25, 0.3) is 0 Å². The number of allylic oxidation sites excluding steroid dienone is 1. The van der Waals surface area contributed by atoms with Gasteiger partial charge in [0.2, 0.25) is 0 Å². The van der Waals surface area contributed by atoms with Crippen molar-refractivity contribution in [2.45, 2.75) is 83.3 Å². The predicted molar refractivity (Wildman–Crippen MR) is 118 cm³/mol. The highest BCUT2D eigenvalue weighted by Crippen LogP contribution is 2.70. The molecule has 6 heteroatoms. The molecular weight excluding hydrogens is 408 g/mol. The van der Waals surface area contributed by atoms with Gasteiger partial charge in [-0.05, 0) is 74.2 Å². The van der Waals surface area contributed by atoms with Gasteiger partial charge in [0, 0.05) is 25.4 Å². The monoisotopic (exact) mass is 446 g/mol. The number of methoxy groups -OCH3 is 1. The second-order valence-corrected chi connectivity index (χ2v) is 11.2. The Labute approximate surface area is 191 Å². The van der Waals surface area contributed by atoms with Crippen LogP contribution in [-0.4, -0.2) is 50.6 Å². The fourth-order valence-electron chi connectivity index (χ4n) is 8.43. The third-order valence-electron chi connectivity index (χ3n) is 10.0. The minimum atomic E-state index is -0.336. The largest absolute Gasteiger partial charge is 0.458 e. The molecule has 0 aromatic carbocycles. The molecule has 4 aliphatic carbocycles. The van der Waals surface area contributed by atoms with Gasteiger partial charge in [0.1, 0.15) is 12.4 Å². The average Bonchev–Trinajstić information content (AvgIpc) is 3.28. The molecule has 3 unspecified atom stereocenters. The number of carbonyl (C=O) groups is 2. The Morgan fingerprint density at radius 1 is 1.06 bits per heavy atom. The lowest BCUT2D eigenvalue weighted by molar-refractivity contribution is -0.212. The van der Waals surface area contributed by atoms with Gasteiger partial charge >= 0.3 is 5.97 Å². The van der Waals surface area contributed by atoms with Crippen molar-refractivity contribution in [2.75, 3.05) is 27.1 Å². The zero-order chi connectivity index (χ0) is 22.6. The fourth-order valence-corrected chi connectivity index (χ4v) is 8.43. The number of rotatable bonds is 6. The number of fused-ring (bicyclic) bond motifs is 6. The first-order valence-electron chi connectivity index (χ1n) is 12.5. The Balaban J connectivity index is 1.47. The third kappa shape index (κ3) is 3.32. The van der Waals surface area contributed by atoms with Gasteiger partial charge in [-0.3, -0.25) is 9.59 Å². The van der Waals surface area contributed by atoms with E-state index in [0.29, 0.717) is 43.8 Å². The summed E-state index contributed by atoms with van der Waals surface area (Å²) in [5.74, 6) is 1.65. The first kappa shape index (κ1) is 22.5. The molecule has 0 aromatic heterocycles. The summed E-state index contributed by atoms with van der Waals surface area (Å²) in [6.45, 7) is 6.03. The quantitative estimate of drug-likeness (QED) is 0.346. The SMILES string of the molecule is COCCOCO[C@@H]1C[C@@]2(C)C(CC[C@@]23CCC(=O)O3)C2CCC3=CC(=O)CC[C@]3(C)C21. The lowest BCUT2D eigenvalue weighted by Crippen LogP contribution is -2.60. The maximum Gasteiger partial charge on any atom is 0.306 e. The van der Waals surface area contributed by atoms with Gasteiger partial charge in [0.25, 0.3) is 0 Å². The Kier molecular flexibility index (Phi) is 5.78. The van der Waals surface area contributed by atoms with Crippen LogP contribution < -0.4 is 0 Å². The van der Waals surface area contributed by atoms with E-state index in [9.17, 15) is 9.59 Å². The summed E-state index contributed by atoms with van der Waals surface area (Å²) in [4.78, 5) is 24.4. The van der Waals surface area contributed by atoms with E-state index in [1.165, 1.54) is 5.57 Å². The van der Waals surface area contributed by atoms with Gasteiger partial charge < -0.3 is 18.9 Å². The highest BCUT2D eigenvalue weighted by atomic mass is 16.7. The van der Waals surface area contributed by atoms with Crippen molar-refractivity contribution in [1.82, 2.24) is 0 Å². The number of ether oxygens (including phenoxy) is 4. The second kappa shape index (κ2) is 8.21. The van der Waals surface area contributed by atoms with E-state index in [0.717, 1.165) is 44.9 Å². The van der Waals surface area contributed by atoms with Crippen LogP contribution in [0.5, 0.6) is 0 Å². The van der Waals surface area contributed by atoms with Crippen LogP contribution in [0.2, 0.25) is 0 Å². The third-order valence-corrected chi connectivity index (χ3v) is 10.0. The topological polar surface area (TPSA) is 71.1 Å². The highest BCUT2D eigenvalue weighted by Gasteiger charge is 2.69. The van der Waals surface area contributed by atoms with E-state index in [2.05, 4.69) is 13.8 Å². The smallest absolute Gasteiger partial charge is 0.306 e. The molecule has 0 amide bonds. The normalized spacial score (nSPS) is 45.3. The van der Waals surface area contributed by atoms with Crippen molar-refractivity contribution in [1.29, 1.82) is 0 Å². The fraction of sp³-hybridized carbons (Fsp3) is 0.846. The van der Waals surface area contributed by atoms with E-state index in [4.69, 9.17) is 18.9 Å². The van der Waals surface area contributed by atoms with Crippen molar-refractivity contribution in [3.63, 3.8) is 0 Å². The van der Waals surface area contributed by atoms with Crippen LogP contribution in [0.1, 0.15) is 71.6 Å². The van der Waals surface area contributed by atoms with Gasteiger partial charge in [-0.2, -0.15) is 0 Å². The highest BCUT2D eigenvalue weighted by molar-refractivity contribution is 5.91. The summed E-state index contributed by atoms with van der Waals surface area (Å²) in [6, 6.07) is 0. The van der Waals surface area contributed by atoms with Gasteiger partial charge in [-0.1, -0.05) is 19.4 Å². The average molecular weight is 447 g/mol. The molecular formula is C26H38O6. The van der Waals surface area contributed by atoms with Crippen molar-refractivity contribution < 1.29 is 28.5 Å². The van der Waals surface area contributed by atoms with E-state index in [1.54, 1.807) is 7.11 Å². The Hall–Kier alpha value is -1.24. The molecule has 32 heavy (non-hydrogen) atoms. The molecule has 3 saturated carbocycles. The molecule has 1 spiro atoms. The van der Waals surface area contributed by atoms with Gasteiger partial charge in [-0.15, -0.1) is 0 Å². The molecule has 5 aliphatic rings. The summed E-state index contributed by atoms with van der Waals surface area (Å²) in [5.41, 5.74) is 0.918. The number of hydrogen-bond donors (Lipinski definition) is 0. The van der Waals surface area contributed by atoms with Gasteiger partial charge in [-0.25, -0.2) is 0 Å². The van der Waals surface area contributed by atoms with Crippen LogP contribution in [0, 0.1) is 28.6 Å². The van der Waals surface area contributed by atoms with Gasteiger partial charge in [0.05, 0.1) is 19.3 Å². The number of esters is 1. The minimum absolute atomic E-state index is 0.00252. The summed E-state index contributed by atoms with van der Waals surface area (Å²) >= 11 is 0. The maximum atomic E-state index is 12.2. The van der Waals surface area contributed by atoms with E-state index in [-0.39, 0.29) is 41.1 Å². The molecule has 6 nitrogen and oxygen atoms in total. The predicted octanol–water partition coefficient (Wildman–Crippen LogP) is 4.21. The first-order valence-corrected chi connectivity index (χ1v) is 12.5. The molecule has 178 valence electrons. The van der Waals surface area contributed by atoms with E-state index in [1.807, 2.05) is 6.08 Å². The molecule has 7 atom stereocenters. The van der Waals surface area contributed by atoms with Crippen LogP contribution in [0.4, 0.5) is 0 Å². The van der Waals surface area contributed by atoms with Crippen LogP contribution in [0.15, 0.2) is 11.6 Å². The number of carbonyl (C=O) groups excluding carboxylic acids is 2.